The smallest absolute Gasteiger partial charge is 0.273 e. The lowest BCUT2D eigenvalue weighted by atomic mass is 10.2. The van der Waals surface area contributed by atoms with E-state index in [0.717, 1.165) is 12.8 Å². The Morgan fingerprint density at radius 1 is 1.54 bits per heavy atom. The minimum absolute atomic E-state index is 0.124. The molecule has 13 heavy (non-hydrogen) atoms. The molecular weight excluding hydrogens is 168 g/mol. The Morgan fingerprint density at radius 2 is 2.31 bits per heavy atom. The molecule has 0 aliphatic heterocycles. The van der Waals surface area contributed by atoms with Gasteiger partial charge in [0.1, 0.15) is 0 Å². The van der Waals surface area contributed by atoms with Gasteiger partial charge in [-0.1, -0.05) is 12.8 Å². The molecule has 1 fully saturated rings. The quantitative estimate of drug-likeness (QED) is 0.695. The van der Waals surface area contributed by atoms with Crippen molar-refractivity contribution in [2.75, 3.05) is 0 Å². The second kappa shape index (κ2) is 3.55. The first-order valence-corrected chi connectivity index (χ1v) is 4.53. The van der Waals surface area contributed by atoms with E-state index in [4.69, 9.17) is 0 Å². The van der Waals surface area contributed by atoms with Gasteiger partial charge < -0.3 is 5.32 Å². The molecule has 1 saturated carbocycles. The summed E-state index contributed by atoms with van der Waals surface area (Å²) in [5, 5.41) is 12.6. The number of amides is 1. The first kappa shape index (κ1) is 8.22. The predicted octanol–water partition coefficient (Wildman–Crippen LogP) is 0.477. The molecule has 0 atom stereocenters. The Kier molecular flexibility index (Phi) is 2.25. The highest BCUT2D eigenvalue weighted by atomic mass is 16.2. The van der Waals surface area contributed by atoms with Crippen LogP contribution in [0, 0.1) is 0 Å². The second-order valence-corrected chi connectivity index (χ2v) is 3.31. The predicted molar refractivity (Wildman–Crippen MR) is 46.1 cm³/mol. The van der Waals surface area contributed by atoms with Gasteiger partial charge in [0.15, 0.2) is 5.69 Å². The van der Waals surface area contributed by atoms with Crippen molar-refractivity contribution in [1.29, 1.82) is 0 Å². The average molecular weight is 180 g/mol. The van der Waals surface area contributed by atoms with Gasteiger partial charge in [-0.2, -0.15) is 15.4 Å². The molecule has 1 aromatic heterocycles. The van der Waals surface area contributed by atoms with E-state index in [1.54, 1.807) is 0 Å². The van der Waals surface area contributed by atoms with Crippen LogP contribution in [0.3, 0.4) is 0 Å². The van der Waals surface area contributed by atoms with Crippen LogP contribution in [-0.4, -0.2) is 27.4 Å². The van der Waals surface area contributed by atoms with Crippen LogP contribution in [0.2, 0.25) is 0 Å². The summed E-state index contributed by atoms with van der Waals surface area (Å²) in [5.41, 5.74) is 0.368. The Balaban J connectivity index is 1.91. The Hall–Kier alpha value is -1.39. The molecule has 1 aliphatic carbocycles. The molecule has 0 saturated heterocycles. The van der Waals surface area contributed by atoms with E-state index in [2.05, 4.69) is 20.7 Å². The lowest BCUT2D eigenvalue weighted by molar-refractivity contribution is 0.0933. The zero-order chi connectivity index (χ0) is 9.10. The molecule has 5 heteroatoms. The van der Waals surface area contributed by atoms with Crippen LogP contribution in [0.25, 0.3) is 0 Å². The van der Waals surface area contributed by atoms with Crippen LogP contribution in [0.5, 0.6) is 0 Å². The summed E-state index contributed by atoms with van der Waals surface area (Å²) in [6.45, 7) is 0. The number of aromatic amines is 1. The Morgan fingerprint density at radius 3 is 2.92 bits per heavy atom. The molecule has 0 unspecified atom stereocenters. The van der Waals surface area contributed by atoms with Crippen molar-refractivity contribution in [3.63, 3.8) is 0 Å². The first-order valence-electron chi connectivity index (χ1n) is 4.53. The maximum atomic E-state index is 11.4. The number of nitrogens with one attached hydrogen (secondary N) is 2. The zero-order valence-corrected chi connectivity index (χ0v) is 7.29. The monoisotopic (exact) mass is 180 g/mol. The van der Waals surface area contributed by atoms with Gasteiger partial charge in [0, 0.05) is 6.04 Å². The van der Waals surface area contributed by atoms with Crippen molar-refractivity contribution in [1.82, 2.24) is 20.7 Å². The minimum atomic E-state index is -0.124. The Labute approximate surface area is 75.9 Å². The fraction of sp³-hybridized carbons (Fsp3) is 0.625. The van der Waals surface area contributed by atoms with Crippen LogP contribution in [0.1, 0.15) is 36.2 Å². The second-order valence-electron chi connectivity index (χ2n) is 3.31. The van der Waals surface area contributed by atoms with Gasteiger partial charge >= 0.3 is 0 Å². The number of rotatable bonds is 2. The molecule has 2 N–H and O–H groups in total. The highest BCUT2D eigenvalue weighted by molar-refractivity contribution is 5.91. The number of nitrogens with zero attached hydrogens (tertiary/aromatic N) is 2. The van der Waals surface area contributed by atoms with Crippen LogP contribution in [0.4, 0.5) is 0 Å². The van der Waals surface area contributed by atoms with E-state index in [9.17, 15) is 4.79 Å². The molecule has 70 valence electrons. The third kappa shape index (κ3) is 1.85. The van der Waals surface area contributed by atoms with Crippen molar-refractivity contribution in [2.24, 2.45) is 0 Å². The van der Waals surface area contributed by atoms with Gasteiger partial charge in [0.2, 0.25) is 0 Å². The van der Waals surface area contributed by atoms with Gasteiger partial charge in [0.05, 0.1) is 6.20 Å². The van der Waals surface area contributed by atoms with Gasteiger partial charge in [0.25, 0.3) is 5.91 Å². The number of hydrogen-bond donors (Lipinski definition) is 2. The summed E-state index contributed by atoms with van der Waals surface area (Å²) in [6, 6.07) is 0.337. The van der Waals surface area contributed by atoms with Crippen LogP contribution < -0.4 is 5.32 Å². The van der Waals surface area contributed by atoms with Crippen molar-refractivity contribution >= 4 is 5.91 Å². The molecule has 1 heterocycles. The molecule has 0 aromatic carbocycles. The fourth-order valence-corrected chi connectivity index (χ4v) is 1.64. The van der Waals surface area contributed by atoms with Gasteiger partial charge in [-0.15, -0.1) is 0 Å². The van der Waals surface area contributed by atoms with Crippen molar-refractivity contribution in [3.8, 4) is 0 Å². The van der Waals surface area contributed by atoms with E-state index in [0.29, 0.717) is 11.7 Å². The summed E-state index contributed by atoms with van der Waals surface area (Å²) < 4.78 is 0. The summed E-state index contributed by atoms with van der Waals surface area (Å²) in [6.07, 6.45) is 6.03. The lowest BCUT2D eigenvalue weighted by Gasteiger charge is -2.09. The maximum Gasteiger partial charge on any atom is 0.273 e. The fourth-order valence-electron chi connectivity index (χ4n) is 1.64. The standard InChI is InChI=1S/C8H12N4O/c13-8(7-5-9-12-11-7)10-6-3-1-2-4-6/h5-6H,1-4H2,(H,10,13)(H,9,11,12). The molecular formula is C8H12N4O. The van der Waals surface area contributed by atoms with Crippen molar-refractivity contribution < 1.29 is 4.79 Å². The highest BCUT2D eigenvalue weighted by Crippen LogP contribution is 2.17. The number of hydrogen-bond acceptors (Lipinski definition) is 3. The first-order chi connectivity index (χ1) is 6.36. The zero-order valence-electron chi connectivity index (χ0n) is 7.29. The molecule has 1 amide bonds. The van der Waals surface area contributed by atoms with E-state index < -0.39 is 0 Å². The molecule has 0 radical (unpaired) electrons. The number of carbonyl (C=O) groups is 1. The van der Waals surface area contributed by atoms with E-state index >= 15 is 0 Å². The largest absolute Gasteiger partial charge is 0.348 e. The third-order valence-corrected chi connectivity index (χ3v) is 2.34. The minimum Gasteiger partial charge on any atom is -0.348 e. The molecule has 2 rings (SSSR count). The molecule has 0 spiro atoms. The summed E-state index contributed by atoms with van der Waals surface area (Å²) in [4.78, 5) is 11.4. The Bertz CT molecular complexity index is 276. The number of carbonyl (C=O) groups excluding carboxylic acids is 1. The third-order valence-electron chi connectivity index (χ3n) is 2.34. The summed E-state index contributed by atoms with van der Waals surface area (Å²) in [5.74, 6) is -0.124. The van der Waals surface area contributed by atoms with Crippen LogP contribution in [-0.2, 0) is 0 Å². The van der Waals surface area contributed by atoms with Gasteiger partial charge in [-0.3, -0.25) is 4.79 Å². The van der Waals surface area contributed by atoms with E-state index in [1.165, 1.54) is 19.0 Å². The topological polar surface area (TPSA) is 70.7 Å². The molecule has 1 aliphatic rings. The maximum absolute atomic E-state index is 11.4. The van der Waals surface area contributed by atoms with Crippen molar-refractivity contribution in [2.45, 2.75) is 31.7 Å². The van der Waals surface area contributed by atoms with Gasteiger partial charge in [-0.05, 0) is 12.8 Å². The lowest BCUT2D eigenvalue weighted by Crippen LogP contribution is -2.32. The SMILES string of the molecule is O=C(NC1CCCC1)c1cn[nH]n1. The molecule has 5 nitrogen and oxygen atoms in total. The van der Waals surface area contributed by atoms with E-state index in [1.807, 2.05) is 0 Å². The normalized spacial score (nSPS) is 17.5. The number of H-pyrrole nitrogens is 1. The summed E-state index contributed by atoms with van der Waals surface area (Å²) in [7, 11) is 0. The summed E-state index contributed by atoms with van der Waals surface area (Å²) >= 11 is 0. The molecule has 0 bridgehead atoms. The average Bonchev–Trinajstić information content (AvgIpc) is 2.74. The molecule has 1 aromatic rings. The van der Waals surface area contributed by atoms with Gasteiger partial charge in [-0.25, -0.2) is 0 Å². The highest BCUT2D eigenvalue weighted by Gasteiger charge is 2.18. The van der Waals surface area contributed by atoms with Crippen LogP contribution in [0.15, 0.2) is 6.20 Å². The van der Waals surface area contributed by atoms with E-state index in [-0.39, 0.29) is 5.91 Å². The van der Waals surface area contributed by atoms with Crippen molar-refractivity contribution in [3.05, 3.63) is 11.9 Å². The van der Waals surface area contributed by atoms with Crippen LogP contribution >= 0.6 is 0 Å². The number of aromatic nitrogens is 3.